The van der Waals surface area contributed by atoms with Crippen LogP contribution >= 0.6 is 0 Å². The largest absolute Gasteiger partial charge is 0.415 e. The average molecular weight is 230 g/mol. The van der Waals surface area contributed by atoms with Gasteiger partial charge in [0.15, 0.2) is 8.32 Å². The van der Waals surface area contributed by atoms with Crippen LogP contribution in [0.1, 0.15) is 13.8 Å². The van der Waals surface area contributed by atoms with Crippen LogP contribution in [0.3, 0.4) is 0 Å². The molecule has 1 nitrogen and oxygen atoms in total. The van der Waals surface area contributed by atoms with Crippen molar-refractivity contribution < 1.29 is 4.43 Å². The van der Waals surface area contributed by atoms with Gasteiger partial charge < -0.3 is 4.43 Å². The van der Waals surface area contributed by atoms with Gasteiger partial charge in [0.25, 0.3) is 0 Å². The Labute approximate surface area is 91.7 Å². The molecular formula is C11H26OSi2. The molecule has 0 aromatic heterocycles. The molecule has 14 heavy (non-hydrogen) atoms. The molecule has 0 N–H and O–H groups in total. The maximum absolute atomic E-state index is 6.00. The van der Waals surface area contributed by atoms with Crippen LogP contribution < -0.4 is 0 Å². The van der Waals surface area contributed by atoms with Gasteiger partial charge in [-0.05, 0) is 33.0 Å². The zero-order valence-electron chi connectivity index (χ0n) is 10.7. The Morgan fingerprint density at radius 1 is 1.14 bits per heavy atom. The van der Waals surface area contributed by atoms with Crippen molar-refractivity contribution in [3.63, 3.8) is 0 Å². The van der Waals surface area contributed by atoms with E-state index in [2.05, 4.69) is 52.3 Å². The van der Waals surface area contributed by atoms with Gasteiger partial charge in [-0.3, -0.25) is 0 Å². The van der Waals surface area contributed by atoms with Gasteiger partial charge in [0.2, 0.25) is 0 Å². The summed E-state index contributed by atoms with van der Waals surface area (Å²) in [7, 11) is -2.53. The van der Waals surface area contributed by atoms with Crippen LogP contribution in [0.4, 0.5) is 0 Å². The second-order valence-electron chi connectivity index (χ2n) is 5.62. The quantitative estimate of drug-likeness (QED) is 0.626. The van der Waals surface area contributed by atoms with Crippen molar-refractivity contribution in [1.29, 1.82) is 0 Å². The zero-order valence-corrected chi connectivity index (χ0v) is 12.7. The van der Waals surface area contributed by atoms with E-state index in [0.717, 1.165) is 0 Å². The van der Waals surface area contributed by atoms with E-state index in [9.17, 15) is 0 Å². The van der Waals surface area contributed by atoms with Gasteiger partial charge >= 0.3 is 0 Å². The summed E-state index contributed by atoms with van der Waals surface area (Å²) in [4.78, 5) is 0. The molecule has 0 aliphatic rings. The van der Waals surface area contributed by atoms with Crippen LogP contribution in [0.25, 0.3) is 0 Å². The molecule has 0 aromatic carbocycles. The van der Waals surface area contributed by atoms with Gasteiger partial charge in [0.05, 0.1) is 8.07 Å². The second-order valence-corrected chi connectivity index (χ2v) is 14.8. The van der Waals surface area contributed by atoms with Crippen molar-refractivity contribution in [3.05, 3.63) is 12.3 Å². The Morgan fingerprint density at radius 2 is 1.64 bits per heavy atom. The fourth-order valence-corrected chi connectivity index (χ4v) is 8.01. The molecule has 0 radical (unpaired) electrons. The SMILES string of the molecule is C=C[Si](C)(C)CC[Si](C)(C)OC(C)C. The molecule has 0 aromatic rings. The summed E-state index contributed by atoms with van der Waals surface area (Å²) in [5.41, 5.74) is 2.19. The minimum Gasteiger partial charge on any atom is -0.415 e. The predicted octanol–water partition coefficient (Wildman–Crippen LogP) is 4.05. The molecule has 0 amide bonds. The Morgan fingerprint density at radius 3 is 2.00 bits per heavy atom. The first-order valence-electron chi connectivity index (χ1n) is 5.50. The van der Waals surface area contributed by atoms with Crippen molar-refractivity contribution >= 4 is 16.4 Å². The third-order valence-corrected chi connectivity index (χ3v) is 8.19. The van der Waals surface area contributed by atoms with E-state index in [0.29, 0.717) is 6.10 Å². The lowest BCUT2D eigenvalue weighted by atomic mass is 10.5. The maximum Gasteiger partial charge on any atom is 0.186 e. The molecule has 0 unspecified atom stereocenters. The number of rotatable bonds is 6. The van der Waals surface area contributed by atoms with Crippen LogP contribution in [-0.4, -0.2) is 22.5 Å². The van der Waals surface area contributed by atoms with Gasteiger partial charge in [-0.2, -0.15) is 0 Å². The molecule has 0 heterocycles. The Balaban J connectivity index is 4.04. The average Bonchev–Trinajstić information content (AvgIpc) is 1.99. The lowest BCUT2D eigenvalue weighted by Gasteiger charge is -2.28. The molecule has 84 valence electrons. The smallest absolute Gasteiger partial charge is 0.186 e. The molecule has 0 saturated heterocycles. The Hall–Kier alpha value is 0.134. The van der Waals surface area contributed by atoms with E-state index in [1.165, 1.54) is 12.1 Å². The molecule has 0 aliphatic carbocycles. The molecule has 0 spiro atoms. The minimum absolute atomic E-state index is 0.380. The van der Waals surface area contributed by atoms with E-state index in [1.54, 1.807) is 0 Å². The molecule has 0 bridgehead atoms. The van der Waals surface area contributed by atoms with Crippen molar-refractivity contribution in [3.8, 4) is 0 Å². The van der Waals surface area contributed by atoms with Gasteiger partial charge in [-0.1, -0.05) is 19.1 Å². The van der Waals surface area contributed by atoms with Crippen LogP contribution in [0.2, 0.25) is 38.3 Å². The standard InChI is InChI=1S/C11H26OSi2/c1-8-13(4,5)9-10-14(6,7)12-11(2)3/h8,11H,1,9-10H2,2-7H3. The van der Waals surface area contributed by atoms with Gasteiger partial charge in [0.1, 0.15) is 0 Å². The van der Waals surface area contributed by atoms with E-state index < -0.39 is 16.4 Å². The molecule has 0 saturated carbocycles. The van der Waals surface area contributed by atoms with Crippen molar-refractivity contribution in [2.45, 2.75) is 58.2 Å². The van der Waals surface area contributed by atoms with Crippen LogP contribution in [-0.2, 0) is 4.43 Å². The fraction of sp³-hybridized carbons (Fsp3) is 0.818. The molecule has 0 rings (SSSR count). The zero-order chi connectivity index (χ0) is 11.4. The predicted molar refractivity (Wildman–Crippen MR) is 71.0 cm³/mol. The fourth-order valence-electron chi connectivity index (χ4n) is 1.42. The summed E-state index contributed by atoms with van der Waals surface area (Å²) in [5.74, 6) is 0. The first-order chi connectivity index (χ1) is 6.18. The Kier molecular flexibility index (Phi) is 5.33. The lowest BCUT2D eigenvalue weighted by molar-refractivity contribution is 0.232. The minimum atomic E-state index is -1.41. The summed E-state index contributed by atoms with van der Waals surface area (Å²) in [5, 5.41) is 0. The third-order valence-electron chi connectivity index (χ3n) is 2.48. The van der Waals surface area contributed by atoms with E-state index in [4.69, 9.17) is 4.43 Å². The highest BCUT2D eigenvalue weighted by Crippen LogP contribution is 2.22. The van der Waals surface area contributed by atoms with Crippen LogP contribution in [0.5, 0.6) is 0 Å². The summed E-state index contributed by atoms with van der Waals surface area (Å²) in [6.45, 7) is 17.6. The number of hydrogen-bond donors (Lipinski definition) is 0. The van der Waals surface area contributed by atoms with Gasteiger partial charge in [-0.25, -0.2) is 0 Å². The molecule has 0 fully saturated rings. The summed E-state index contributed by atoms with van der Waals surface area (Å²) < 4.78 is 6.00. The summed E-state index contributed by atoms with van der Waals surface area (Å²) in [6, 6.07) is 2.60. The van der Waals surface area contributed by atoms with Crippen molar-refractivity contribution in [2.75, 3.05) is 0 Å². The summed E-state index contributed by atoms with van der Waals surface area (Å²) in [6.07, 6.45) is 0.380. The maximum atomic E-state index is 6.00. The number of hydrogen-bond acceptors (Lipinski definition) is 1. The van der Waals surface area contributed by atoms with E-state index in [-0.39, 0.29) is 0 Å². The highest BCUT2D eigenvalue weighted by Gasteiger charge is 2.27. The first kappa shape index (κ1) is 14.1. The van der Waals surface area contributed by atoms with E-state index in [1.807, 2.05) is 0 Å². The van der Waals surface area contributed by atoms with E-state index >= 15 is 0 Å². The first-order valence-corrected chi connectivity index (χ1v) is 11.9. The lowest BCUT2D eigenvalue weighted by Crippen LogP contribution is -2.36. The second kappa shape index (κ2) is 5.28. The van der Waals surface area contributed by atoms with Crippen molar-refractivity contribution in [1.82, 2.24) is 0 Å². The molecule has 0 atom stereocenters. The van der Waals surface area contributed by atoms with Crippen LogP contribution in [0.15, 0.2) is 12.3 Å². The normalized spacial score (nSPS) is 13.4. The molecule has 3 heteroatoms. The van der Waals surface area contributed by atoms with Gasteiger partial charge in [0, 0.05) is 6.10 Å². The van der Waals surface area contributed by atoms with Crippen molar-refractivity contribution in [2.24, 2.45) is 0 Å². The van der Waals surface area contributed by atoms with Crippen LogP contribution in [0, 0.1) is 0 Å². The van der Waals surface area contributed by atoms with Gasteiger partial charge in [-0.15, -0.1) is 12.3 Å². The third kappa shape index (κ3) is 6.57. The highest BCUT2D eigenvalue weighted by atomic mass is 28.4. The topological polar surface area (TPSA) is 9.23 Å². The molecular weight excluding hydrogens is 204 g/mol. The molecule has 0 aliphatic heterocycles. The monoisotopic (exact) mass is 230 g/mol. The summed E-state index contributed by atoms with van der Waals surface area (Å²) >= 11 is 0. The highest BCUT2D eigenvalue weighted by molar-refractivity contribution is 6.84. The Bertz CT molecular complexity index is 186.